The second-order valence-corrected chi connectivity index (χ2v) is 6.72. The van der Waals surface area contributed by atoms with E-state index in [9.17, 15) is 14.9 Å². The predicted molar refractivity (Wildman–Crippen MR) is 96.1 cm³/mol. The van der Waals surface area contributed by atoms with Gasteiger partial charge in [0.1, 0.15) is 6.54 Å². The summed E-state index contributed by atoms with van der Waals surface area (Å²) in [5, 5.41) is 14.4. The van der Waals surface area contributed by atoms with Gasteiger partial charge in [0.05, 0.1) is 0 Å². The number of hydrogen-bond acceptors (Lipinski definition) is 5. The number of hydrogen-bond donors (Lipinski definition) is 0. The number of aromatic nitrogens is 4. The van der Waals surface area contributed by atoms with Crippen molar-refractivity contribution in [3.63, 3.8) is 0 Å². The van der Waals surface area contributed by atoms with Crippen LogP contribution in [0.5, 0.6) is 0 Å². The summed E-state index contributed by atoms with van der Waals surface area (Å²) in [6, 6.07) is 1.89. The van der Waals surface area contributed by atoms with Crippen LogP contribution < -0.4 is 0 Å². The first-order valence-electron chi connectivity index (χ1n) is 8.87. The molecular weight excluding hydrogens is 334 g/mol. The minimum Gasteiger partial charge on any atom is -0.390 e. The van der Waals surface area contributed by atoms with Crippen LogP contribution in [-0.2, 0) is 13.1 Å². The van der Waals surface area contributed by atoms with Gasteiger partial charge < -0.3 is 14.7 Å². The number of carbonyl (C=O) groups is 1. The number of Topliss-reactive ketones (excluding diaryl/α,β-unsaturated/α-hetero) is 1. The monoisotopic (exact) mass is 357 g/mol. The van der Waals surface area contributed by atoms with Crippen molar-refractivity contribution in [2.45, 2.75) is 59.0 Å². The molecule has 0 radical (unpaired) electrons. The average Bonchev–Trinajstić information content (AvgIpc) is 3.19. The summed E-state index contributed by atoms with van der Waals surface area (Å²) < 4.78 is 3.38. The lowest BCUT2D eigenvalue weighted by molar-refractivity contribution is -0.394. The molecule has 138 valence electrons. The van der Waals surface area contributed by atoms with Crippen molar-refractivity contribution in [3.05, 3.63) is 51.1 Å². The summed E-state index contributed by atoms with van der Waals surface area (Å²) in [4.78, 5) is 26.2. The van der Waals surface area contributed by atoms with Crippen LogP contribution >= 0.6 is 0 Å². The number of rotatable bonds is 7. The van der Waals surface area contributed by atoms with Gasteiger partial charge >= 0.3 is 5.95 Å². The van der Waals surface area contributed by atoms with Gasteiger partial charge in [-0.25, -0.2) is 0 Å². The number of ketones is 1. The molecule has 8 heteroatoms. The molecule has 2 aromatic heterocycles. The highest BCUT2D eigenvalue weighted by Crippen LogP contribution is 2.23. The lowest BCUT2D eigenvalue weighted by Gasteiger charge is -2.15. The zero-order valence-electron chi connectivity index (χ0n) is 15.1. The quantitative estimate of drug-likeness (QED) is 0.327. The van der Waals surface area contributed by atoms with Gasteiger partial charge in [-0.15, -0.1) is 0 Å². The lowest BCUT2D eigenvalue weighted by atomic mass is 9.97. The Hall–Kier alpha value is -2.77. The van der Waals surface area contributed by atoms with Gasteiger partial charge in [-0.2, -0.15) is 4.68 Å². The smallest absolute Gasteiger partial charge is 0.390 e. The summed E-state index contributed by atoms with van der Waals surface area (Å²) in [5.74, 6) is -0.620. The van der Waals surface area contributed by atoms with Gasteiger partial charge in [0.2, 0.25) is 6.33 Å². The van der Waals surface area contributed by atoms with E-state index >= 15 is 0 Å². The molecule has 26 heavy (non-hydrogen) atoms. The first kappa shape index (κ1) is 18.0. The van der Waals surface area contributed by atoms with Crippen LogP contribution in [0.2, 0.25) is 0 Å². The first-order valence-corrected chi connectivity index (χ1v) is 8.87. The summed E-state index contributed by atoms with van der Waals surface area (Å²) in [5.41, 5.74) is 4.12. The maximum atomic E-state index is 12.6. The van der Waals surface area contributed by atoms with E-state index in [0.29, 0.717) is 5.56 Å². The minimum absolute atomic E-state index is 0.0592. The van der Waals surface area contributed by atoms with E-state index in [4.69, 9.17) is 0 Å². The number of nitro groups is 1. The maximum absolute atomic E-state index is 12.6. The molecule has 0 bridgehead atoms. The van der Waals surface area contributed by atoms with Crippen LogP contribution in [0.4, 0.5) is 5.95 Å². The Morgan fingerprint density at radius 2 is 2.15 bits per heavy atom. The zero-order valence-corrected chi connectivity index (χ0v) is 15.1. The molecule has 0 saturated heterocycles. The maximum Gasteiger partial charge on any atom is 0.490 e. The third kappa shape index (κ3) is 3.89. The Labute approximate surface area is 151 Å². The Morgan fingerprint density at radius 3 is 2.81 bits per heavy atom. The Morgan fingerprint density at radius 1 is 1.35 bits per heavy atom. The highest BCUT2D eigenvalue weighted by atomic mass is 16.6. The van der Waals surface area contributed by atoms with Crippen molar-refractivity contribution < 1.29 is 9.72 Å². The summed E-state index contributed by atoms with van der Waals surface area (Å²) in [7, 11) is 0. The molecule has 2 heterocycles. The third-order valence-electron chi connectivity index (χ3n) is 4.91. The van der Waals surface area contributed by atoms with E-state index in [0.717, 1.165) is 24.4 Å². The molecule has 0 saturated carbocycles. The van der Waals surface area contributed by atoms with Crippen molar-refractivity contribution >= 4 is 11.7 Å². The Bertz CT molecular complexity index is 862. The molecule has 0 amide bonds. The fourth-order valence-electron chi connectivity index (χ4n) is 3.49. The van der Waals surface area contributed by atoms with Gasteiger partial charge in [0, 0.05) is 28.6 Å². The molecule has 0 spiro atoms. The molecule has 2 aromatic rings. The number of carbonyl (C=O) groups excluding carboxylic acids is 1. The number of aryl methyl sites for hydroxylation is 1. The van der Waals surface area contributed by atoms with E-state index < -0.39 is 10.9 Å². The van der Waals surface area contributed by atoms with Crippen molar-refractivity contribution in [1.29, 1.82) is 0 Å². The molecule has 0 N–H and O–H groups in total. The molecule has 1 aliphatic carbocycles. The largest absolute Gasteiger partial charge is 0.490 e. The molecule has 3 rings (SSSR count). The molecule has 8 nitrogen and oxygen atoms in total. The molecule has 0 aliphatic heterocycles. The topological polar surface area (TPSA) is 95.8 Å². The second kappa shape index (κ2) is 7.63. The summed E-state index contributed by atoms with van der Waals surface area (Å²) >= 11 is 0. The van der Waals surface area contributed by atoms with Crippen LogP contribution in [0, 0.1) is 24.0 Å². The second-order valence-electron chi connectivity index (χ2n) is 6.72. The highest BCUT2D eigenvalue weighted by Gasteiger charge is 2.20. The van der Waals surface area contributed by atoms with Gasteiger partial charge in [0.15, 0.2) is 5.78 Å². The predicted octanol–water partition coefficient (Wildman–Crippen LogP) is 3.38. The molecule has 0 atom stereocenters. The molecular formula is C18H23N5O3. The van der Waals surface area contributed by atoms with E-state index in [2.05, 4.69) is 20.7 Å². The van der Waals surface area contributed by atoms with Crippen molar-refractivity contribution in [1.82, 2.24) is 19.3 Å². The van der Waals surface area contributed by atoms with Crippen molar-refractivity contribution in [2.75, 3.05) is 0 Å². The SMILES string of the molecule is Cc1cc(C(=O)Cn2cnc([N+](=O)[O-])n2)c(C)n1CCC1=CCCCC1. The van der Waals surface area contributed by atoms with E-state index in [1.807, 2.05) is 19.9 Å². The zero-order chi connectivity index (χ0) is 18.7. The molecule has 0 fully saturated rings. The van der Waals surface area contributed by atoms with Gasteiger partial charge in [-0.3, -0.25) is 4.79 Å². The minimum atomic E-state index is -0.674. The van der Waals surface area contributed by atoms with Gasteiger partial charge in [-0.1, -0.05) is 16.6 Å². The highest BCUT2D eigenvalue weighted by molar-refractivity contribution is 5.97. The normalized spacial score (nSPS) is 14.3. The van der Waals surface area contributed by atoms with E-state index in [1.54, 1.807) is 0 Å². The van der Waals surface area contributed by atoms with Gasteiger partial charge in [-0.05, 0) is 56.9 Å². The summed E-state index contributed by atoms with van der Waals surface area (Å²) in [6.07, 6.45) is 9.47. The standard InChI is InChI=1S/C18H23N5O3/c1-13-10-16(17(24)11-21-12-19-18(20-21)23(25)26)14(2)22(13)9-8-15-6-4-3-5-7-15/h6,10,12H,3-5,7-9,11H2,1-2H3. The van der Waals surface area contributed by atoms with Crippen molar-refractivity contribution in [2.24, 2.45) is 0 Å². The molecule has 0 aromatic carbocycles. The molecule has 0 unspecified atom stereocenters. The first-order chi connectivity index (χ1) is 12.5. The van der Waals surface area contributed by atoms with Crippen molar-refractivity contribution in [3.8, 4) is 0 Å². The van der Waals surface area contributed by atoms with Crippen LogP contribution in [0.3, 0.4) is 0 Å². The van der Waals surface area contributed by atoms with Crippen LogP contribution in [-0.4, -0.2) is 30.0 Å². The summed E-state index contributed by atoms with van der Waals surface area (Å²) in [6.45, 7) is 4.75. The third-order valence-corrected chi connectivity index (χ3v) is 4.91. The number of allylic oxidation sites excluding steroid dienone is 2. The van der Waals surface area contributed by atoms with E-state index in [1.165, 1.54) is 42.3 Å². The Kier molecular flexibility index (Phi) is 5.29. The van der Waals surface area contributed by atoms with E-state index in [-0.39, 0.29) is 12.3 Å². The fourth-order valence-corrected chi connectivity index (χ4v) is 3.49. The fraction of sp³-hybridized carbons (Fsp3) is 0.500. The average molecular weight is 357 g/mol. The van der Waals surface area contributed by atoms with Crippen LogP contribution in [0.1, 0.15) is 53.8 Å². The number of nitrogens with zero attached hydrogens (tertiary/aromatic N) is 5. The molecule has 1 aliphatic rings. The van der Waals surface area contributed by atoms with Crippen LogP contribution in [0.25, 0.3) is 0 Å². The van der Waals surface area contributed by atoms with Gasteiger partial charge in [0.25, 0.3) is 0 Å². The lowest BCUT2D eigenvalue weighted by Crippen LogP contribution is -2.12. The van der Waals surface area contributed by atoms with Crippen LogP contribution in [0.15, 0.2) is 24.0 Å². The Balaban J connectivity index is 1.70.